The summed E-state index contributed by atoms with van der Waals surface area (Å²) >= 11 is 0. The lowest BCUT2D eigenvalue weighted by Crippen LogP contribution is -2.37. The summed E-state index contributed by atoms with van der Waals surface area (Å²) in [5, 5.41) is 0. The molecular weight excluding hydrogens is 374 g/mol. The molecule has 0 N–H and O–H groups in total. The van der Waals surface area contributed by atoms with Gasteiger partial charge in [0.15, 0.2) is 5.79 Å². The van der Waals surface area contributed by atoms with Crippen LogP contribution in [0, 0.1) is 6.92 Å². The summed E-state index contributed by atoms with van der Waals surface area (Å²) in [6, 6.07) is 15.5. The van der Waals surface area contributed by atoms with Crippen molar-refractivity contribution in [2.75, 3.05) is 26.3 Å². The van der Waals surface area contributed by atoms with Crippen LogP contribution in [0.15, 0.2) is 53.4 Å². The molecule has 0 unspecified atom stereocenters. The van der Waals surface area contributed by atoms with Gasteiger partial charge in [-0.05, 0) is 50.3 Å². The van der Waals surface area contributed by atoms with E-state index in [1.807, 2.05) is 26.0 Å². The van der Waals surface area contributed by atoms with Crippen LogP contribution >= 0.6 is 0 Å². The highest BCUT2D eigenvalue weighted by atomic mass is 32.2. The van der Waals surface area contributed by atoms with Gasteiger partial charge in [0.2, 0.25) is 10.0 Å². The summed E-state index contributed by atoms with van der Waals surface area (Å²) < 4.78 is 38.8. The van der Waals surface area contributed by atoms with Gasteiger partial charge in [0, 0.05) is 18.7 Å². The van der Waals surface area contributed by atoms with Gasteiger partial charge in [-0.1, -0.05) is 42.0 Å². The third-order valence-corrected chi connectivity index (χ3v) is 7.77. The van der Waals surface area contributed by atoms with Gasteiger partial charge in [0.25, 0.3) is 0 Å². The van der Waals surface area contributed by atoms with Crippen LogP contribution in [0.4, 0.5) is 0 Å². The Morgan fingerprint density at radius 3 is 2.07 bits per heavy atom. The molecule has 2 aliphatic heterocycles. The molecule has 150 valence electrons. The fraction of sp³-hybridized carbons (Fsp3) is 0.455. The van der Waals surface area contributed by atoms with Gasteiger partial charge in [0.05, 0.1) is 18.1 Å². The molecule has 0 aromatic heterocycles. The Hall–Kier alpha value is -1.73. The van der Waals surface area contributed by atoms with Crippen molar-refractivity contribution in [3.63, 3.8) is 0 Å². The Bertz CT molecular complexity index is 908. The molecule has 0 saturated carbocycles. The van der Waals surface area contributed by atoms with Crippen LogP contribution < -0.4 is 0 Å². The number of hydrogen-bond donors (Lipinski definition) is 0. The molecule has 0 spiro atoms. The summed E-state index contributed by atoms with van der Waals surface area (Å²) in [6.07, 6.45) is 1.66. The predicted octanol–water partition coefficient (Wildman–Crippen LogP) is 3.78. The minimum atomic E-state index is -3.41. The van der Waals surface area contributed by atoms with E-state index in [4.69, 9.17) is 9.47 Å². The number of piperidine rings is 1. The highest BCUT2D eigenvalue weighted by molar-refractivity contribution is 7.89. The molecule has 28 heavy (non-hydrogen) atoms. The van der Waals surface area contributed by atoms with Gasteiger partial charge in [-0.25, -0.2) is 8.42 Å². The Balaban J connectivity index is 1.42. The van der Waals surface area contributed by atoms with E-state index in [-0.39, 0.29) is 0 Å². The van der Waals surface area contributed by atoms with Gasteiger partial charge in [-0.15, -0.1) is 0 Å². The van der Waals surface area contributed by atoms with Crippen molar-refractivity contribution < 1.29 is 17.9 Å². The van der Waals surface area contributed by atoms with E-state index < -0.39 is 15.8 Å². The SMILES string of the molecule is Cc1ccc(S(=O)(=O)N2CCC(c3ccc(C4(C)OCCO4)cc3)CC2)cc1. The fourth-order valence-electron chi connectivity index (χ4n) is 4.03. The van der Waals surface area contributed by atoms with Crippen molar-refractivity contribution in [2.24, 2.45) is 0 Å². The van der Waals surface area contributed by atoms with Gasteiger partial charge in [-0.2, -0.15) is 4.31 Å². The average molecular weight is 402 g/mol. The van der Waals surface area contributed by atoms with Crippen LogP contribution in [0.3, 0.4) is 0 Å². The molecular formula is C22H27NO4S. The van der Waals surface area contributed by atoms with Crippen LogP contribution in [-0.2, 0) is 25.3 Å². The van der Waals surface area contributed by atoms with E-state index in [9.17, 15) is 8.42 Å². The Morgan fingerprint density at radius 1 is 0.929 bits per heavy atom. The van der Waals surface area contributed by atoms with Crippen molar-refractivity contribution >= 4 is 10.0 Å². The van der Waals surface area contributed by atoms with E-state index >= 15 is 0 Å². The zero-order valence-electron chi connectivity index (χ0n) is 16.4. The standard InChI is InChI=1S/C22H27NO4S/c1-17-3-9-21(10-4-17)28(24,25)23-13-11-19(12-14-23)18-5-7-20(8-6-18)22(2)26-15-16-27-22/h3-10,19H,11-16H2,1-2H3. The molecule has 2 fully saturated rings. The molecule has 0 bridgehead atoms. The van der Waals surface area contributed by atoms with Crippen LogP contribution in [0.25, 0.3) is 0 Å². The molecule has 2 aliphatic rings. The van der Waals surface area contributed by atoms with E-state index in [1.54, 1.807) is 16.4 Å². The number of rotatable bonds is 4. The van der Waals surface area contributed by atoms with E-state index in [1.165, 1.54) is 5.56 Å². The highest BCUT2D eigenvalue weighted by Crippen LogP contribution is 2.34. The molecule has 0 radical (unpaired) electrons. The molecule has 6 heteroatoms. The fourth-order valence-corrected chi connectivity index (χ4v) is 5.50. The molecule has 0 atom stereocenters. The van der Waals surface area contributed by atoms with Gasteiger partial charge in [-0.3, -0.25) is 0 Å². The normalized spacial score (nSPS) is 21.1. The number of ether oxygens (including phenoxy) is 2. The molecule has 5 nitrogen and oxygen atoms in total. The van der Waals surface area contributed by atoms with E-state index in [0.29, 0.717) is 37.1 Å². The van der Waals surface area contributed by atoms with Crippen molar-refractivity contribution in [3.05, 3.63) is 65.2 Å². The molecule has 2 aromatic rings. The van der Waals surface area contributed by atoms with Gasteiger partial charge >= 0.3 is 0 Å². The number of benzene rings is 2. The smallest absolute Gasteiger partial charge is 0.243 e. The maximum absolute atomic E-state index is 12.9. The predicted molar refractivity (Wildman–Crippen MR) is 108 cm³/mol. The maximum atomic E-state index is 12.9. The molecule has 4 rings (SSSR count). The number of hydrogen-bond acceptors (Lipinski definition) is 4. The minimum absolute atomic E-state index is 0.372. The monoisotopic (exact) mass is 401 g/mol. The largest absolute Gasteiger partial charge is 0.344 e. The van der Waals surface area contributed by atoms with Crippen molar-refractivity contribution in [3.8, 4) is 0 Å². The third-order valence-electron chi connectivity index (χ3n) is 5.86. The van der Waals surface area contributed by atoms with E-state index in [0.717, 1.165) is 24.0 Å². The summed E-state index contributed by atoms with van der Waals surface area (Å²) in [4.78, 5) is 0.380. The summed E-state index contributed by atoms with van der Waals surface area (Å²) in [5.41, 5.74) is 3.33. The van der Waals surface area contributed by atoms with Crippen LogP contribution in [0.2, 0.25) is 0 Å². The summed E-state index contributed by atoms with van der Waals surface area (Å²) in [6.45, 7) is 6.24. The number of aryl methyl sites for hydroxylation is 1. The zero-order chi connectivity index (χ0) is 19.8. The Labute approximate surface area is 167 Å². The lowest BCUT2D eigenvalue weighted by Gasteiger charge is -2.32. The lowest BCUT2D eigenvalue weighted by atomic mass is 9.89. The van der Waals surface area contributed by atoms with Crippen LogP contribution in [-0.4, -0.2) is 39.0 Å². The zero-order valence-corrected chi connectivity index (χ0v) is 17.2. The quantitative estimate of drug-likeness (QED) is 0.782. The first-order valence-electron chi connectivity index (χ1n) is 9.84. The maximum Gasteiger partial charge on any atom is 0.243 e. The molecule has 2 saturated heterocycles. The number of nitrogens with zero attached hydrogens (tertiary/aromatic N) is 1. The van der Waals surface area contributed by atoms with Crippen molar-refractivity contribution in [1.29, 1.82) is 0 Å². The van der Waals surface area contributed by atoms with Gasteiger partial charge < -0.3 is 9.47 Å². The second kappa shape index (κ2) is 7.59. The molecule has 0 aliphatic carbocycles. The van der Waals surface area contributed by atoms with Crippen LogP contribution in [0.1, 0.15) is 42.4 Å². The first-order valence-corrected chi connectivity index (χ1v) is 11.3. The van der Waals surface area contributed by atoms with Gasteiger partial charge in [0.1, 0.15) is 0 Å². The topological polar surface area (TPSA) is 55.8 Å². The van der Waals surface area contributed by atoms with Crippen molar-refractivity contribution in [1.82, 2.24) is 4.31 Å². The highest BCUT2D eigenvalue weighted by Gasteiger charge is 2.34. The van der Waals surface area contributed by atoms with Crippen molar-refractivity contribution in [2.45, 2.75) is 43.3 Å². The Morgan fingerprint density at radius 2 is 1.50 bits per heavy atom. The second-order valence-electron chi connectivity index (χ2n) is 7.76. The van der Waals surface area contributed by atoms with Crippen LogP contribution in [0.5, 0.6) is 0 Å². The Kier molecular flexibility index (Phi) is 5.31. The first kappa shape index (κ1) is 19.6. The molecule has 0 amide bonds. The molecule has 2 aromatic carbocycles. The first-order chi connectivity index (χ1) is 13.4. The summed E-state index contributed by atoms with van der Waals surface area (Å²) in [7, 11) is -3.41. The van der Waals surface area contributed by atoms with E-state index in [2.05, 4.69) is 24.3 Å². The third kappa shape index (κ3) is 3.74. The summed E-state index contributed by atoms with van der Waals surface area (Å²) in [5.74, 6) is -0.277. The molecule has 2 heterocycles. The lowest BCUT2D eigenvalue weighted by molar-refractivity contribution is -0.149. The average Bonchev–Trinajstić information content (AvgIpc) is 3.16. The second-order valence-corrected chi connectivity index (χ2v) is 9.69. The number of sulfonamides is 1. The minimum Gasteiger partial charge on any atom is -0.344 e.